The van der Waals surface area contributed by atoms with E-state index in [4.69, 9.17) is 10.5 Å². The van der Waals surface area contributed by atoms with Crippen LogP contribution >= 0.6 is 0 Å². The van der Waals surface area contributed by atoms with Gasteiger partial charge in [0.1, 0.15) is 5.75 Å². The molecule has 0 aromatic heterocycles. The van der Waals surface area contributed by atoms with Crippen molar-refractivity contribution in [1.29, 1.82) is 0 Å². The van der Waals surface area contributed by atoms with E-state index in [1.165, 1.54) is 5.19 Å². The van der Waals surface area contributed by atoms with Crippen molar-refractivity contribution in [2.75, 3.05) is 6.61 Å². The number of hydrogen-bond donors (Lipinski definition) is 1. The molecule has 0 aliphatic rings. The van der Waals surface area contributed by atoms with E-state index >= 15 is 0 Å². The lowest BCUT2D eigenvalue weighted by Gasteiger charge is -2.18. The van der Waals surface area contributed by atoms with Crippen LogP contribution in [0.2, 0.25) is 19.6 Å². The van der Waals surface area contributed by atoms with Crippen LogP contribution in [0.5, 0.6) is 5.75 Å². The minimum absolute atomic E-state index is 0.427. The van der Waals surface area contributed by atoms with E-state index in [0.29, 0.717) is 17.9 Å². The maximum absolute atomic E-state index is 11.3. The predicted molar refractivity (Wildman–Crippen MR) is 69.1 cm³/mol. The summed E-state index contributed by atoms with van der Waals surface area (Å²) in [4.78, 5) is 11.3. The average Bonchev–Trinajstić information content (AvgIpc) is 2.16. The van der Waals surface area contributed by atoms with Crippen molar-refractivity contribution in [2.24, 2.45) is 5.73 Å². The van der Waals surface area contributed by atoms with E-state index in [-0.39, 0.29) is 0 Å². The minimum atomic E-state index is -1.42. The first-order valence-electron chi connectivity index (χ1n) is 5.43. The van der Waals surface area contributed by atoms with Crippen LogP contribution in [0.15, 0.2) is 18.2 Å². The van der Waals surface area contributed by atoms with Crippen LogP contribution in [0.1, 0.15) is 17.3 Å². The lowest BCUT2D eigenvalue weighted by atomic mass is 10.2. The van der Waals surface area contributed by atoms with Crippen LogP contribution in [0.4, 0.5) is 0 Å². The summed E-state index contributed by atoms with van der Waals surface area (Å²) in [6, 6.07) is 5.75. The molecule has 0 saturated carbocycles. The lowest BCUT2D eigenvalue weighted by Crippen LogP contribution is -2.38. The van der Waals surface area contributed by atoms with Gasteiger partial charge in [-0.3, -0.25) is 4.79 Å². The SMILES string of the molecule is CCOc1ccc([Si](C)(C)C)cc1C(N)=O. The Morgan fingerprint density at radius 3 is 2.44 bits per heavy atom. The van der Waals surface area contributed by atoms with Gasteiger partial charge in [0.25, 0.3) is 5.91 Å². The Morgan fingerprint density at radius 2 is 2.00 bits per heavy atom. The monoisotopic (exact) mass is 237 g/mol. The van der Waals surface area contributed by atoms with E-state index in [9.17, 15) is 4.79 Å². The summed E-state index contributed by atoms with van der Waals surface area (Å²) in [5, 5.41) is 1.21. The smallest absolute Gasteiger partial charge is 0.252 e. The van der Waals surface area contributed by atoms with Crippen molar-refractivity contribution in [3.63, 3.8) is 0 Å². The van der Waals surface area contributed by atoms with Crippen LogP contribution in [-0.4, -0.2) is 20.6 Å². The number of amides is 1. The van der Waals surface area contributed by atoms with E-state index < -0.39 is 14.0 Å². The van der Waals surface area contributed by atoms with Gasteiger partial charge in [-0.1, -0.05) is 30.9 Å². The number of rotatable bonds is 4. The molecular formula is C12H19NO2Si. The maximum atomic E-state index is 11.3. The second-order valence-corrected chi connectivity index (χ2v) is 9.84. The average molecular weight is 237 g/mol. The van der Waals surface area contributed by atoms with Gasteiger partial charge in [-0.2, -0.15) is 0 Å². The second-order valence-electron chi connectivity index (χ2n) is 4.76. The molecule has 0 fully saturated rings. The zero-order chi connectivity index (χ0) is 12.3. The first kappa shape index (κ1) is 12.8. The van der Waals surface area contributed by atoms with Crippen LogP contribution in [0.25, 0.3) is 0 Å². The van der Waals surface area contributed by atoms with Crippen molar-refractivity contribution < 1.29 is 9.53 Å². The molecule has 0 heterocycles. The summed E-state index contributed by atoms with van der Waals surface area (Å²) in [6.45, 7) is 9.11. The number of carbonyl (C=O) groups excluding carboxylic acids is 1. The molecule has 1 aromatic rings. The van der Waals surface area contributed by atoms with Gasteiger partial charge in [-0.05, 0) is 19.1 Å². The van der Waals surface area contributed by atoms with Crippen molar-refractivity contribution >= 4 is 19.2 Å². The third kappa shape index (κ3) is 2.85. The summed E-state index contributed by atoms with van der Waals surface area (Å²) in [5.74, 6) is 0.153. The maximum Gasteiger partial charge on any atom is 0.252 e. The van der Waals surface area contributed by atoms with Crippen molar-refractivity contribution in [3.8, 4) is 5.75 Å². The Labute approximate surface area is 97.6 Å². The standard InChI is InChI=1S/C12H19NO2Si/c1-5-15-11-7-6-9(16(2,3)4)8-10(11)12(13)14/h6-8H,5H2,1-4H3,(H2,13,14). The normalized spacial score (nSPS) is 11.2. The van der Waals surface area contributed by atoms with Crippen LogP contribution < -0.4 is 15.7 Å². The predicted octanol–water partition coefficient (Wildman–Crippen LogP) is 1.73. The number of benzene rings is 1. The highest BCUT2D eigenvalue weighted by molar-refractivity contribution is 6.88. The first-order chi connectivity index (χ1) is 7.36. The van der Waals surface area contributed by atoms with Gasteiger partial charge in [0.15, 0.2) is 0 Å². The molecule has 0 unspecified atom stereocenters. The molecular weight excluding hydrogens is 218 g/mol. The molecule has 1 amide bonds. The molecule has 0 aliphatic heterocycles. The van der Waals surface area contributed by atoms with Gasteiger partial charge in [0, 0.05) is 0 Å². The summed E-state index contributed by atoms with van der Waals surface area (Å²) >= 11 is 0. The van der Waals surface area contributed by atoms with Crippen molar-refractivity contribution in [3.05, 3.63) is 23.8 Å². The molecule has 2 N–H and O–H groups in total. The van der Waals surface area contributed by atoms with Crippen LogP contribution in [-0.2, 0) is 0 Å². The van der Waals surface area contributed by atoms with E-state index in [2.05, 4.69) is 19.6 Å². The number of hydrogen-bond acceptors (Lipinski definition) is 2. The largest absolute Gasteiger partial charge is 0.493 e. The Hall–Kier alpha value is -1.29. The Morgan fingerprint density at radius 1 is 1.38 bits per heavy atom. The first-order valence-corrected chi connectivity index (χ1v) is 8.93. The molecule has 16 heavy (non-hydrogen) atoms. The molecule has 88 valence electrons. The minimum Gasteiger partial charge on any atom is -0.493 e. The molecule has 4 heteroatoms. The highest BCUT2D eigenvalue weighted by Crippen LogP contribution is 2.18. The number of carbonyl (C=O) groups is 1. The molecule has 0 saturated heterocycles. The third-order valence-corrected chi connectivity index (χ3v) is 4.45. The quantitative estimate of drug-likeness (QED) is 0.811. The van der Waals surface area contributed by atoms with Gasteiger partial charge < -0.3 is 10.5 Å². The Balaban J connectivity index is 3.23. The van der Waals surface area contributed by atoms with Gasteiger partial charge in [0.05, 0.1) is 20.2 Å². The number of primary amides is 1. The zero-order valence-corrected chi connectivity index (χ0v) is 11.3. The molecule has 0 spiro atoms. The molecule has 3 nitrogen and oxygen atoms in total. The number of nitrogens with two attached hydrogens (primary N) is 1. The van der Waals surface area contributed by atoms with E-state index in [1.807, 2.05) is 25.1 Å². The van der Waals surface area contributed by atoms with E-state index in [1.54, 1.807) is 0 Å². The summed E-state index contributed by atoms with van der Waals surface area (Å²) < 4.78 is 5.38. The highest BCUT2D eigenvalue weighted by Gasteiger charge is 2.19. The summed E-state index contributed by atoms with van der Waals surface area (Å²) in [6.07, 6.45) is 0. The van der Waals surface area contributed by atoms with Gasteiger partial charge in [-0.15, -0.1) is 0 Å². The second kappa shape index (κ2) is 4.70. The molecule has 0 atom stereocenters. The van der Waals surface area contributed by atoms with Crippen LogP contribution in [0.3, 0.4) is 0 Å². The highest BCUT2D eigenvalue weighted by atomic mass is 28.3. The Kier molecular flexibility index (Phi) is 3.75. The lowest BCUT2D eigenvalue weighted by molar-refractivity contribution is 0.0997. The molecule has 0 radical (unpaired) electrons. The fraction of sp³-hybridized carbons (Fsp3) is 0.417. The molecule has 0 aliphatic carbocycles. The summed E-state index contributed by atoms with van der Waals surface area (Å²) in [5.41, 5.74) is 5.84. The Bertz CT molecular complexity index is 396. The zero-order valence-electron chi connectivity index (χ0n) is 10.3. The van der Waals surface area contributed by atoms with Crippen molar-refractivity contribution in [2.45, 2.75) is 26.6 Å². The third-order valence-electron chi connectivity index (χ3n) is 2.41. The van der Waals surface area contributed by atoms with Crippen LogP contribution in [0, 0.1) is 0 Å². The fourth-order valence-corrected chi connectivity index (χ4v) is 2.63. The molecule has 1 rings (SSSR count). The van der Waals surface area contributed by atoms with Crippen molar-refractivity contribution in [1.82, 2.24) is 0 Å². The van der Waals surface area contributed by atoms with Gasteiger partial charge in [-0.25, -0.2) is 0 Å². The topological polar surface area (TPSA) is 52.3 Å². The molecule has 0 bridgehead atoms. The van der Waals surface area contributed by atoms with E-state index in [0.717, 1.165) is 0 Å². The number of ether oxygens (including phenoxy) is 1. The van der Waals surface area contributed by atoms with Gasteiger partial charge >= 0.3 is 0 Å². The summed E-state index contributed by atoms with van der Waals surface area (Å²) in [7, 11) is -1.42. The molecule has 1 aromatic carbocycles. The van der Waals surface area contributed by atoms with Gasteiger partial charge in [0.2, 0.25) is 0 Å². The fourth-order valence-electron chi connectivity index (χ4n) is 1.47.